The van der Waals surface area contributed by atoms with Gasteiger partial charge in [-0.05, 0) is 37.6 Å². The van der Waals surface area contributed by atoms with Crippen LogP contribution in [0.3, 0.4) is 0 Å². The molecule has 0 saturated heterocycles. The lowest BCUT2D eigenvalue weighted by Crippen LogP contribution is -2.12. The standard InChI is InChI=1S/C11H14FNO/c12-9-3-4-11-10(6-9)8(7-13)2-1-5-14-11/h3-4,6,8H,1-2,5,7,13H2. The molecule has 1 aliphatic heterocycles. The third-order valence-corrected chi connectivity index (χ3v) is 2.65. The highest BCUT2D eigenvalue weighted by molar-refractivity contribution is 5.37. The van der Waals surface area contributed by atoms with Gasteiger partial charge in [0.25, 0.3) is 0 Å². The summed E-state index contributed by atoms with van der Waals surface area (Å²) in [7, 11) is 0. The lowest BCUT2D eigenvalue weighted by molar-refractivity contribution is 0.316. The molecular formula is C11H14FNO. The Labute approximate surface area is 82.9 Å². The summed E-state index contributed by atoms with van der Waals surface area (Å²) in [4.78, 5) is 0. The maximum atomic E-state index is 13.0. The maximum Gasteiger partial charge on any atom is 0.123 e. The van der Waals surface area contributed by atoms with Crippen molar-refractivity contribution in [2.45, 2.75) is 18.8 Å². The van der Waals surface area contributed by atoms with Gasteiger partial charge in [-0.2, -0.15) is 0 Å². The van der Waals surface area contributed by atoms with Crippen LogP contribution in [0.25, 0.3) is 0 Å². The molecule has 0 bridgehead atoms. The zero-order chi connectivity index (χ0) is 9.97. The molecular weight excluding hydrogens is 181 g/mol. The molecule has 3 heteroatoms. The summed E-state index contributed by atoms with van der Waals surface area (Å²) in [5.74, 6) is 0.815. The smallest absolute Gasteiger partial charge is 0.123 e. The fraction of sp³-hybridized carbons (Fsp3) is 0.455. The highest BCUT2D eigenvalue weighted by Gasteiger charge is 2.18. The molecule has 0 aliphatic carbocycles. The van der Waals surface area contributed by atoms with Gasteiger partial charge in [-0.25, -0.2) is 4.39 Å². The number of benzene rings is 1. The minimum Gasteiger partial charge on any atom is -0.493 e. The van der Waals surface area contributed by atoms with Crippen molar-refractivity contribution in [3.63, 3.8) is 0 Å². The summed E-state index contributed by atoms with van der Waals surface area (Å²) in [6.45, 7) is 1.26. The van der Waals surface area contributed by atoms with E-state index in [-0.39, 0.29) is 11.7 Å². The number of hydrogen-bond acceptors (Lipinski definition) is 2. The first-order chi connectivity index (χ1) is 6.81. The van der Waals surface area contributed by atoms with Crippen molar-refractivity contribution in [2.24, 2.45) is 5.73 Å². The van der Waals surface area contributed by atoms with Crippen LogP contribution < -0.4 is 10.5 Å². The molecule has 2 nitrogen and oxygen atoms in total. The Hall–Kier alpha value is -1.09. The minimum absolute atomic E-state index is 0.215. The quantitative estimate of drug-likeness (QED) is 0.744. The molecule has 1 aromatic carbocycles. The van der Waals surface area contributed by atoms with Crippen LogP contribution in [0.4, 0.5) is 4.39 Å². The van der Waals surface area contributed by atoms with E-state index in [1.807, 2.05) is 0 Å². The van der Waals surface area contributed by atoms with Crippen molar-refractivity contribution in [1.82, 2.24) is 0 Å². The monoisotopic (exact) mass is 195 g/mol. The third-order valence-electron chi connectivity index (χ3n) is 2.65. The fourth-order valence-corrected chi connectivity index (χ4v) is 1.88. The van der Waals surface area contributed by atoms with Crippen LogP contribution in [0, 0.1) is 5.82 Å². The van der Waals surface area contributed by atoms with Crippen molar-refractivity contribution < 1.29 is 9.13 Å². The van der Waals surface area contributed by atoms with Gasteiger partial charge in [-0.15, -0.1) is 0 Å². The summed E-state index contributed by atoms with van der Waals surface area (Å²) in [6, 6.07) is 4.66. The largest absolute Gasteiger partial charge is 0.493 e. The normalized spacial score (nSPS) is 20.9. The summed E-state index contributed by atoms with van der Waals surface area (Å²) in [6.07, 6.45) is 1.96. The zero-order valence-corrected chi connectivity index (χ0v) is 8.00. The molecule has 0 saturated carbocycles. The van der Waals surface area contributed by atoms with Gasteiger partial charge in [0.2, 0.25) is 0 Å². The molecule has 76 valence electrons. The van der Waals surface area contributed by atoms with Crippen molar-refractivity contribution in [2.75, 3.05) is 13.2 Å². The molecule has 1 heterocycles. The lowest BCUT2D eigenvalue weighted by Gasteiger charge is -2.13. The van der Waals surface area contributed by atoms with Gasteiger partial charge >= 0.3 is 0 Å². The van der Waals surface area contributed by atoms with Crippen LogP contribution in [-0.4, -0.2) is 13.2 Å². The second-order valence-electron chi connectivity index (χ2n) is 3.61. The number of nitrogens with two attached hydrogens (primary N) is 1. The Balaban J connectivity index is 2.40. The van der Waals surface area contributed by atoms with Crippen molar-refractivity contribution >= 4 is 0 Å². The summed E-state index contributed by atoms with van der Waals surface area (Å²) in [5.41, 5.74) is 6.58. The number of fused-ring (bicyclic) bond motifs is 1. The summed E-state index contributed by atoms with van der Waals surface area (Å²) in [5, 5.41) is 0. The van der Waals surface area contributed by atoms with E-state index in [0.29, 0.717) is 13.2 Å². The summed E-state index contributed by atoms with van der Waals surface area (Å²) < 4.78 is 18.6. The van der Waals surface area contributed by atoms with Gasteiger partial charge in [0.1, 0.15) is 11.6 Å². The van der Waals surface area contributed by atoms with Crippen molar-refractivity contribution in [3.05, 3.63) is 29.6 Å². The second-order valence-corrected chi connectivity index (χ2v) is 3.61. The van der Waals surface area contributed by atoms with Gasteiger partial charge in [-0.3, -0.25) is 0 Å². The molecule has 1 aliphatic rings. The molecule has 1 atom stereocenters. The highest BCUT2D eigenvalue weighted by atomic mass is 19.1. The van der Waals surface area contributed by atoms with Crippen LogP contribution in [0.2, 0.25) is 0 Å². The van der Waals surface area contributed by atoms with Gasteiger partial charge in [0.15, 0.2) is 0 Å². The highest BCUT2D eigenvalue weighted by Crippen LogP contribution is 2.32. The Bertz CT molecular complexity index is 327. The molecule has 0 spiro atoms. The first kappa shape index (κ1) is 9.46. The van der Waals surface area contributed by atoms with Crippen LogP contribution >= 0.6 is 0 Å². The van der Waals surface area contributed by atoms with E-state index in [4.69, 9.17) is 10.5 Å². The topological polar surface area (TPSA) is 35.2 Å². The molecule has 0 radical (unpaired) electrons. The first-order valence-electron chi connectivity index (χ1n) is 4.93. The number of hydrogen-bond donors (Lipinski definition) is 1. The molecule has 14 heavy (non-hydrogen) atoms. The zero-order valence-electron chi connectivity index (χ0n) is 8.00. The molecule has 1 unspecified atom stereocenters. The fourth-order valence-electron chi connectivity index (χ4n) is 1.88. The number of ether oxygens (including phenoxy) is 1. The van der Waals surface area contributed by atoms with Gasteiger partial charge < -0.3 is 10.5 Å². The predicted molar refractivity (Wildman–Crippen MR) is 52.9 cm³/mol. The molecule has 1 aromatic rings. The average Bonchev–Trinajstić information content (AvgIpc) is 2.39. The van der Waals surface area contributed by atoms with E-state index < -0.39 is 0 Å². The summed E-state index contributed by atoms with van der Waals surface area (Å²) >= 11 is 0. The molecule has 2 N–H and O–H groups in total. The van der Waals surface area contributed by atoms with E-state index in [1.165, 1.54) is 12.1 Å². The second kappa shape index (κ2) is 3.96. The number of rotatable bonds is 1. The molecule has 0 fully saturated rings. The van der Waals surface area contributed by atoms with E-state index in [2.05, 4.69) is 0 Å². The Morgan fingerprint density at radius 3 is 3.14 bits per heavy atom. The van der Waals surface area contributed by atoms with Crippen LogP contribution in [-0.2, 0) is 0 Å². The third kappa shape index (κ3) is 1.73. The SMILES string of the molecule is NCC1CCCOc2ccc(F)cc21. The van der Waals surface area contributed by atoms with Gasteiger partial charge in [0, 0.05) is 11.5 Å². The predicted octanol–water partition coefficient (Wildman–Crippen LogP) is 2.04. The minimum atomic E-state index is -0.215. The number of halogens is 1. The Kier molecular flexibility index (Phi) is 2.68. The van der Waals surface area contributed by atoms with Crippen LogP contribution in [0.5, 0.6) is 5.75 Å². The first-order valence-corrected chi connectivity index (χ1v) is 4.93. The van der Waals surface area contributed by atoms with Gasteiger partial charge in [0.05, 0.1) is 6.61 Å². The molecule has 0 aromatic heterocycles. The maximum absolute atomic E-state index is 13.0. The lowest BCUT2D eigenvalue weighted by atomic mass is 9.94. The van der Waals surface area contributed by atoms with Crippen molar-refractivity contribution in [1.29, 1.82) is 0 Å². The molecule has 0 amide bonds. The van der Waals surface area contributed by atoms with Crippen molar-refractivity contribution in [3.8, 4) is 5.75 Å². The van der Waals surface area contributed by atoms with Gasteiger partial charge in [-0.1, -0.05) is 0 Å². The van der Waals surface area contributed by atoms with E-state index in [9.17, 15) is 4.39 Å². The van der Waals surface area contributed by atoms with E-state index >= 15 is 0 Å². The Morgan fingerprint density at radius 1 is 1.50 bits per heavy atom. The van der Waals surface area contributed by atoms with E-state index in [0.717, 1.165) is 24.2 Å². The molecule has 2 rings (SSSR count). The Morgan fingerprint density at radius 2 is 2.36 bits per heavy atom. The van der Waals surface area contributed by atoms with E-state index in [1.54, 1.807) is 6.07 Å². The average molecular weight is 195 g/mol. The van der Waals surface area contributed by atoms with Crippen LogP contribution in [0.1, 0.15) is 24.3 Å². The van der Waals surface area contributed by atoms with Crippen LogP contribution in [0.15, 0.2) is 18.2 Å².